The van der Waals surface area contributed by atoms with Gasteiger partial charge in [-0.05, 0) is 23.7 Å². The summed E-state index contributed by atoms with van der Waals surface area (Å²) < 4.78 is 5.46. The first-order chi connectivity index (χ1) is 9.95. The number of ether oxygens (including phenoxy) is 1. The molecule has 21 heavy (non-hydrogen) atoms. The van der Waals surface area contributed by atoms with Crippen molar-refractivity contribution >= 4 is 40.6 Å². The number of benzene rings is 1. The molecular weight excluding hydrogens is 308 g/mol. The molecule has 1 saturated heterocycles. The van der Waals surface area contributed by atoms with Crippen LogP contribution in [0.2, 0.25) is 5.02 Å². The standard InChI is InChI=1S/C15H19ClN2O2S/c1-15(2)3-4-21-8-13(15)17-10-6-12-11(5-9(10)16)18-14(19)7-20-12/h5-6,13,17H,3-4,7-8H2,1-2H3,(H,18,19). The second kappa shape index (κ2) is 5.61. The average Bonchev–Trinajstić information content (AvgIpc) is 2.42. The van der Waals surface area contributed by atoms with Gasteiger partial charge in [0.15, 0.2) is 6.61 Å². The second-order valence-electron chi connectivity index (χ2n) is 6.18. The lowest BCUT2D eigenvalue weighted by molar-refractivity contribution is -0.118. The van der Waals surface area contributed by atoms with E-state index >= 15 is 0 Å². The molecule has 114 valence electrons. The molecule has 0 spiro atoms. The van der Waals surface area contributed by atoms with Gasteiger partial charge in [-0.1, -0.05) is 25.4 Å². The van der Waals surface area contributed by atoms with Gasteiger partial charge in [-0.25, -0.2) is 0 Å². The molecule has 1 amide bonds. The quantitative estimate of drug-likeness (QED) is 0.871. The largest absolute Gasteiger partial charge is 0.482 e. The van der Waals surface area contributed by atoms with Gasteiger partial charge >= 0.3 is 0 Å². The number of carbonyl (C=O) groups excluding carboxylic acids is 1. The highest BCUT2D eigenvalue weighted by Gasteiger charge is 2.33. The fourth-order valence-corrected chi connectivity index (χ4v) is 4.40. The molecule has 0 radical (unpaired) electrons. The van der Waals surface area contributed by atoms with Crippen molar-refractivity contribution in [3.63, 3.8) is 0 Å². The first-order valence-corrected chi connectivity index (χ1v) is 8.59. The van der Waals surface area contributed by atoms with E-state index < -0.39 is 0 Å². The van der Waals surface area contributed by atoms with Gasteiger partial charge in [0, 0.05) is 17.9 Å². The van der Waals surface area contributed by atoms with E-state index in [1.165, 1.54) is 12.2 Å². The summed E-state index contributed by atoms with van der Waals surface area (Å²) in [5.74, 6) is 2.79. The lowest BCUT2D eigenvalue weighted by Crippen LogP contribution is -2.41. The van der Waals surface area contributed by atoms with Crippen LogP contribution in [-0.4, -0.2) is 30.1 Å². The zero-order chi connectivity index (χ0) is 15.0. The van der Waals surface area contributed by atoms with Crippen molar-refractivity contribution in [2.24, 2.45) is 5.41 Å². The van der Waals surface area contributed by atoms with Crippen molar-refractivity contribution in [3.05, 3.63) is 17.2 Å². The Morgan fingerprint density at radius 1 is 1.48 bits per heavy atom. The Morgan fingerprint density at radius 3 is 3.05 bits per heavy atom. The number of hydrogen-bond donors (Lipinski definition) is 2. The van der Waals surface area contributed by atoms with E-state index in [4.69, 9.17) is 16.3 Å². The summed E-state index contributed by atoms with van der Waals surface area (Å²) in [6.45, 7) is 4.62. The Morgan fingerprint density at radius 2 is 2.29 bits per heavy atom. The van der Waals surface area contributed by atoms with Gasteiger partial charge in [-0.15, -0.1) is 0 Å². The zero-order valence-electron chi connectivity index (χ0n) is 12.2. The minimum absolute atomic E-state index is 0.0544. The second-order valence-corrected chi connectivity index (χ2v) is 7.73. The Kier molecular flexibility index (Phi) is 3.97. The van der Waals surface area contributed by atoms with Crippen LogP contribution in [-0.2, 0) is 4.79 Å². The van der Waals surface area contributed by atoms with Crippen molar-refractivity contribution in [2.45, 2.75) is 26.3 Å². The summed E-state index contributed by atoms with van der Waals surface area (Å²) >= 11 is 8.31. The van der Waals surface area contributed by atoms with Crippen molar-refractivity contribution in [3.8, 4) is 5.75 Å². The minimum Gasteiger partial charge on any atom is -0.482 e. The number of fused-ring (bicyclic) bond motifs is 1. The first-order valence-electron chi connectivity index (χ1n) is 7.06. The van der Waals surface area contributed by atoms with E-state index in [1.54, 1.807) is 6.07 Å². The maximum Gasteiger partial charge on any atom is 0.262 e. The van der Waals surface area contributed by atoms with Crippen molar-refractivity contribution in [1.82, 2.24) is 0 Å². The Hall–Kier alpha value is -1.07. The Balaban J connectivity index is 1.84. The van der Waals surface area contributed by atoms with Crippen LogP contribution in [0.5, 0.6) is 5.75 Å². The molecule has 1 aromatic rings. The summed E-state index contributed by atoms with van der Waals surface area (Å²) in [7, 11) is 0. The Bertz CT molecular complexity index is 577. The molecule has 1 atom stereocenters. The van der Waals surface area contributed by atoms with Crippen molar-refractivity contribution in [1.29, 1.82) is 0 Å². The summed E-state index contributed by atoms with van der Waals surface area (Å²) in [4.78, 5) is 11.3. The number of amides is 1. The number of anilines is 2. The third-order valence-corrected chi connectivity index (χ3v) is 5.52. The van der Waals surface area contributed by atoms with Gasteiger partial charge in [-0.3, -0.25) is 4.79 Å². The zero-order valence-corrected chi connectivity index (χ0v) is 13.7. The van der Waals surface area contributed by atoms with E-state index in [2.05, 4.69) is 24.5 Å². The molecule has 2 aliphatic rings. The third-order valence-electron chi connectivity index (χ3n) is 4.15. The molecule has 1 unspecified atom stereocenters. The Labute approximate surface area is 134 Å². The van der Waals surface area contributed by atoms with Gasteiger partial charge in [0.05, 0.1) is 16.4 Å². The monoisotopic (exact) mass is 326 g/mol. The number of thioether (sulfide) groups is 1. The summed E-state index contributed by atoms with van der Waals surface area (Å²) in [6.07, 6.45) is 1.18. The van der Waals surface area contributed by atoms with Gasteiger partial charge < -0.3 is 15.4 Å². The predicted molar refractivity (Wildman–Crippen MR) is 88.7 cm³/mol. The van der Waals surface area contributed by atoms with E-state index in [-0.39, 0.29) is 17.9 Å². The molecule has 0 aliphatic carbocycles. The lowest BCUT2D eigenvalue weighted by atomic mass is 9.82. The molecule has 2 aliphatic heterocycles. The predicted octanol–water partition coefficient (Wildman–Crippen LogP) is 3.61. The highest BCUT2D eigenvalue weighted by atomic mass is 35.5. The normalized spacial score (nSPS) is 23.8. The number of hydrogen-bond acceptors (Lipinski definition) is 4. The molecule has 3 rings (SSSR count). The van der Waals surface area contributed by atoms with Crippen molar-refractivity contribution < 1.29 is 9.53 Å². The molecule has 2 heterocycles. The van der Waals surface area contributed by atoms with Crippen LogP contribution in [0.15, 0.2) is 12.1 Å². The highest BCUT2D eigenvalue weighted by Crippen LogP contribution is 2.40. The number of halogens is 1. The smallest absolute Gasteiger partial charge is 0.262 e. The molecule has 0 saturated carbocycles. The van der Waals surface area contributed by atoms with Crippen LogP contribution in [0.3, 0.4) is 0 Å². The number of nitrogens with one attached hydrogen (secondary N) is 2. The molecule has 4 nitrogen and oxygen atoms in total. The lowest BCUT2D eigenvalue weighted by Gasteiger charge is -2.39. The average molecular weight is 327 g/mol. The summed E-state index contributed by atoms with van der Waals surface area (Å²) in [5, 5.41) is 6.93. The molecule has 2 N–H and O–H groups in total. The van der Waals surface area contributed by atoms with Crippen LogP contribution in [0.4, 0.5) is 11.4 Å². The highest BCUT2D eigenvalue weighted by molar-refractivity contribution is 7.99. The van der Waals surface area contributed by atoms with E-state index in [9.17, 15) is 4.79 Å². The summed E-state index contributed by atoms with van der Waals surface area (Å²) in [6, 6.07) is 4.00. The van der Waals surface area contributed by atoms with Gasteiger partial charge in [0.25, 0.3) is 5.91 Å². The van der Waals surface area contributed by atoms with Crippen LogP contribution < -0.4 is 15.4 Å². The minimum atomic E-state index is -0.149. The van der Waals surface area contributed by atoms with E-state index in [0.29, 0.717) is 22.5 Å². The molecule has 1 aromatic carbocycles. The van der Waals surface area contributed by atoms with E-state index in [0.717, 1.165) is 11.4 Å². The van der Waals surface area contributed by atoms with Gasteiger partial charge in [0.2, 0.25) is 0 Å². The van der Waals surface area contributed by atoms with E-state index in [1.807, 2.05) is 17.8 Å². The molecular formula is C15H19ClN2O2S. The maximum absolute atomic E-state index is 11.3. The van der Waals surface area contributed by atoms with Crippen molar-refractivity contribution in [2.75, 3.05) is 28.7 Å². The topological polar surface area (TPSA) is 50.4 Å². The van der Waals surface area contributed by atoms with Gasteiger partial charge in [-0.2, -0.15) is 11.8 Å². The molecule has 0 aromatic heterocycles. The maximum atomic E-state index is 11.3. The fourth-order valence-electron chi connectivity index (χ4n) is 2.57. The number of rotatable bonds is 2. The molecule has 0 bridgehead atoms. The fraction of sp³-hybridized carbons (Fsp3) is 0.533. The molecule has 6 heteroatoms. The van der Waals surface area contributed by atoms with Gasteiger partial charge in [0.1, 0.15) is 5.75 Å². The van der Waals surface area contributed by atoms with Crippen LogP contribution >= 0.6 is 23.4 Å². The molecule has 1 fully saturated rings. The first kappa shape index (κ1) is 14.9. The van der Waals surface area contributed by atoms with Crippen LogP contribution in [0.25, 0.3) is 0 Å². The number of carbonyl (C=O) groups is 1. The third kappa shape index (κ3) is 3.09. The SMILES string of the molecule is CC1(C)CCSCC1Nc1cc2c(cc1Cl)NC(=O)CO2. The van der Waals surface area contributed by atoms with Crippen LogP contribution in [0, 0.1) is 5.41 Å². The van der Waals surface area contributed by atoms with Crippen LogP contribution in [0.1, 0.15) is 20.3 Å². The summed E-state index contributed by atoms with van der Waals surface area (Å²) in [5.41, 5.74) is 1.74.